The molecule has 0 saturated heterocycles. The van der Waals surface area contributed by atoms with Gasteiger partial charge in [0.25, 0.3) is 11.8 Å². The van der Waals surface area contributed by atoms with Gasteiger partial charge in [-0.2, -0.15) is 5.26 Å². The number of nitrogens with one attached hydrogen (secondary N) is 2. The number of hydrogen-bond acceptors (Lipinski definition) is 6. The summed E-state index contributed by atoms with van der Waals surface area (Å²) in [5.41, 5.74) is -0.916. The number of carbonyl (C=O) groups is 3. The highest BCUT2D eigenvalue weighted by atomic mass is 16.5. The average Bonchev–Trinajstić information content (AvgIpc) is 3.28. The van der Waals surface area contributed by atoms with Crippen molar-refractivity contribution >= 4 is 17.8 Å². The maximum Gasteiger partial charge on any atom is 0.308 e. The van der Waals surface area contributed by atoms with Crippen LogP contribution >= 0.6 is 0 Å². The largest absolute Gasteiger partial charge is 0.459 e. The quantitative estimate of drug-likeness (QED) is 0.677. The molecular weight excluding hydrogens is 314 g/mol. The summed E-state index contributed by atoms with van der Waals surface area (Å²) < 4.78 is 9.74. The van der Waals surface area contributed by atoms with Gasteiger partial charge < -0.3 is 19.8 Å². The predicted molar refractivity (Wildman–Crippen MR) is 81.5 cm³/mol. The van der Waals surface area contributed by atoms with Crippen molar-refractivity contribution in [3.63, 3.8) is 0 Å². The minimum Gasteiger partial charge on any atom is -0.459 e. The zero-order valence-corrected chi connectivity index (χ0v) is 13.3. The summed E-state index contributed by atoms with van der Waals surface area (Å²) in [5, 5.41) is 14.2. The Balaban J connectivity index is 1.63. The van der Waals surface area contributed by atoms with E-state index in [-0.39, 0.29) is 24.6 Å². The highest BCUT2D eigenvalue weighted by Crippen LogP contribution is 2.39. The standard InChI is InChI=1S/C16H19N3O5/c1-16(10-17,11-4-5-11)19-13(20)9-24-14(21)6-7-18-15(22)12-3-2-8-23-12/h2-3,8,11H,4-7,9H2,1H3,(H,18,22)(H,19,20)/t16-/m0/s1. The summed E-state index contributed by atoms with van der Waals surface area (Å²) in [6.07, 6.45) is 3.11. The molecule has 8 heteroatoms. The Kier molecular flexibility index (Phi) is 5.58. The van der Waals surface area contributed by atoms with Gasteiger partial charge in [-0.25, -0.2) is 0 Å². The van der Waals surface area contributed by atoms with E-state index >= 15 is 0 Å². The van der Waals surface area contributed by atoms with Gasteiger partial charge in [-0.1, -0.05) is 0 Å². The van der Waals surface area contributed by atoms with Crippen LogP contribution in [0.5, 0.6) is 0 Å². The SMILES string of the molecule is C[C@@](C#N)(NC(=O)COC(=O)CCNC(=O)c1ccco1)C1CC1. The Bertz CT molecular complexity index is 645. The minimum absolute atomic E-state index is 0.0674. The van der Waals surface area contributed by atoms with E-state index in [0.29, 0.717) is 0 Å². The van der Waals surface area contributed by atoms with Crippen LogP contribution in [0.15, 0.2) is 22.8 Å². The molecule has 0 radical (unpaired) electrons. The summed E-state index contributed by atoms with van der Waals surface area (Å²) in [6, 6.07) is 5.18. The van der Waals surface area contributed by atoms with Gasteiger partial charge in [0.1, 0.15) is 5.54 Å². The lowest BCUT2D eigenvalue weighted by Gasteiger charge is -2.22. The fourth-order valence-corrected chi connectivity index (χ4v) is 2.20. The second-order valence-corrected chi connectivity index (χ2v) is 5.78. The first-order valence-corrected chi connectivity index (χ1v) is 7.64. The molecule has 1 heterocycles. The Morgan fingerprint density at radius 2 is 2.21 bits per heavy atom. The van der Waals surface area contributed by atoms with Crippen LogP contribution in [-0.4, -0.2) is 36.5 Å². The number of nitrogens with zero attached hydrogens (tertiary/aromatic N) is 1. The van der Waals surface area contributed by atoms with Crippen LogP contribution in [0.2, 0.25) is 0 Å². The molecule has 0 aliphatic heterocycles. The molecule has 2 N–H and O–H groups in total. The van der Waals surface area contributed by atoms with E-state index in [4.69, 9.17) is 14.4 Å². The number of amides is 2. The van der Waals surface area contributed by atoms with Crippen LogP contribution in [0.4, 0.5) is 0 Å². The lowest BCUT2D eigenvalue weighted by atomic mass is 9.98. The topological polar surface area (TPSA) is 121 Å². The molecule has 0 spiro atoms. The third-order valence-corrected chi connectivity index (χ3v) is 3.75. The number of nitriles is 1. The second kappa shape index (κ2) is 7.64. The molecule has 8 nitrogen and oxygen atoms in total. The molecule has 0 unspecified atom stereocenters. The van der Waals surface area contributed by atoms with Gasteiger partial charge in [0.15, 0.2) is 12.4 Å². The van der Waals surface area contributed by atoms with Crippen LogP contribution in [0.3, 0.4) is 0 Å². The summed E-state index contributed by atoms with van der Waals surface area (Å²) in [5.74, 6) is -1.26. The summed E-state index contributed by atoms with van der Waals surface area (Å²) >= 11 is 0. The number of esters is 1. The summed E-state index contributed by atoms with van der Waals surface area (Å²) in [4.78, 5) is 34.9. The molecular formula is C16H19N3O5. The van der Waals surface area contributed by atoms with Gasteiger partial charge in [-0.05, 0) is 37.8 Å². The third kappa shape index (κ3) is 4.84. The van der Waals surface area contributed by atoms with E-state index in [9.17, 15) is 14.4 Å². The first-order valence-electron chi connectivity index (χ1n) is 7.64. The van der Waals surface area contributed by atoms with Crippen LogP contribution in [0.25, 0.3) is 0 Å². The minimum atomic E-state index is -0.916. The molecule has 1 atom stereocenters. The zero-order valence-electron chi connectivity index (χ0n) is 13.3. The molecule has 0 aromatic carbocycles. The van der Waals surface area contributed by atoms with E-state index in [2.05, 4.69) is 16.7 Å². The summed E-state index contributed by atoms with van der Waals surface area (Å²) in [7, 11) is 0. The van der Waals surface area contributed by atoms with Crippen molar-refractivity contribution < 1.29 is 23.5 Å². The molecule has 128 valence electrons. The van der Waals surface area contributed by atoms with E-state index in [0.717, 1.165) is 12.8 Å². The van der Waals surface area contributed by atoms with Crippen molar-refractivity contribution in [1.82, 2.24) is 10.6 Å². The highest BCUT2D eigenvalue weighted by Gasteiger charge is 2.43. The predicted octanol–water partition coefficient (Wildman–Crippen LogP) is 0.751. The fraction of sp³-hybridized carbons (Fsp3) is 0.500. The molecule has 1 aliphatic carbocycles. The highest BCUT2D eigenvalue weighted by molar-refractivity contribution is 5.91. The smallest absolute Gasteiger partial charge is 0.308 e. The zero-order chi connectivity index (χ0) is 17.6. The first kappa shape index (κ1) is 17.5. The van der Waals surface area contributed by atoms with E-state index in [1.807, 2.05) is 0 Å². The molecule has 1 fully saturated rings. The molecule has 1 saturated carbocycles. The third-order valence-electron chi connectivity index (χ3n) is 3.75. The molecule has 1 aromatic rings. The van der Waals surface area contributed by atoms with E-state index in [1.165, 1.54) is 12.3 Å². The van der Waals surface area contributed by atoms with Crippen molar-refractivity contribution in [1.29, 1.82) is 5.26 Å². The monoisotopic (exact) mass is 333 g/mol. The average molecular weight is 333 g/mol. The Labute approximate surface area is 139 Å². The van der Waals surface area contributed by atoms with Crippen molar-refractivity contribution in [2.24, 2.45) is 5.92 Å². The van der Waals surface area contributed by atoms with Crippen molar-refractivity contribution in [2.45, 2.75) is 31.7 Å². The number of carbonyl (C=O) groups excluding carboxylic acids is 3. The van der Waals surface area contributed by atoms with E-state index < -0.39 is 29.9 Å². The Morgan fingerprint density at radius 1 is 1.46 bits per heavy atom. The fourth-order valence-electron chi connectivity index (χ4n) is 2.20. The normalized spacial score (nSPS) is 15.7. The second-order valence-electron chi connectivity index (χ2n) is 5.78. The van der Waals surface area contributed by atoms with Crippen molar-refractivity contribution in [3.05, 3.63) is 24.2 Å². The number of furan rings is 1. The Hall–Kier alpha value is -2.82. The van der Waals surface area contributed by atoms with Gasteiger partial charge >= 0.3 is 5.97 Å². The van der Waals surface area contributed by atoms with Gasteiger partial charge in [-0.15, -0.1) is 0 Å². The van der Waals surface area contributed by atoms with Crippen molar-refractivity contribution in [2.75, 3.05) is 13.2 Å². The number of rotatable bonds is 8. The lowest BCUT2D eigenvalue weighted by molar-refractivity contribution is -0.148. The molecule has 24 heavy (non-hydrogen) atoms. The number of hydrogen-bond donors (Lipinski definition) is 2. The van der Waals surface area contributed by atoms with Crippen LogP contribution in [0, 0.1) is 17.2 Å². The molecule has 0 bridgehead atoms. The Morgan fingerprint density at radius 3 is 2.79 bits per heavy atom. The van der Waals surface area contributed by atoms with Gasteiger partial charge in [0.2, 0.25) is 0 Å². The van der Waals surface area contributed by atoms with Gasteiger partial charge in [-0.3, -0.25) is 14.4 Å². The first-order chi connectivity index (χ1) is 11.4. The van der Waals surface area contributed by atoms with E-state index in [1.54, 1.807) is 13.0 Å². The lowest BCUT2D eigenvalue weighted by Crippen LogP contribution is -2.48. The molecule has 1 aliphatic rings. The van der Waals surface area contributed by atoms with Crippen LogP contribution < -0.4 is 10.6 Å². The van der Waals surface area contributed by atoms with Crippen LogP contribution in [-0.2, 0) is 14.3 Å². The van der Waals surface area contributed by atoms with Crippen molar-refractivity contribution in [3.8, 4) is 6.07 Å². The van der Waals surface area contributed by atoms with Gasteiger partial charge in [0, 0.05) is 6.54 Å². The maximum absolute atomic E-state index is 11.8. The molecule has 2 rings (SSSR count). The van der Waals surface area contributed by atoms with Gasteiger partial charge in [0.05, 0.1) is 18.8 Å². The molecule has 2 amide bonds. The van der Waals surface area contributed by atoms with Crippen LogP contribution in [0.1, 0.15) is 36.7 Å². The summed E-state index contributed by atoms with van der Waals surface area (Å²) in [6.45, 7) is 1.28. The molecule has 1 aromatic heterocycles. The maximum atomic E-state index is 11.8. The number of ether oxygens (including phenoxy) is 1.